The van der Waals surface area contributed by atoms with Gasteiger partial charge in [0.25, 0.3) is 0 Å². The SMILES string of the molecule is C=CCC(N)C(=O)NCc1ncn(C)n1. The van der Waals surface area contributed by atoms with E-state index in [-0.39, 0.29) is 5.91 Å². The summed E-state index contributed by atoms with van der Waals surface area (Å²) in [7, 11) is 1.77. The molecule has 6 heteroatoms. The summed E-state index contributed by atoms with van der Waals surface area (Å²) in [6, 6.07) is -0.550. The topological polar surface area (TPSA) is 85.8 Å². The number of carbonyl (C=O) groups excluding carboxylic acids is 1. The zero-order chi connectivity index (χ0) is 11.3. The van der Waals surface area contributed by atoms with Crippen LogP contribution in [0.15, 0.2) is 19.0 Å². The molecule has 0 spiro atoms. The van der Waals surface area contributed by atoms with Crippen LogP contribution >= 0.6 is 0 Å². The van der Waals surface area contributed by atoms with E-state index in [2.05, 4.69) is 22.0 Å². The van der Waals surface area contributed by atoms with Crippen molar-refractivity contribution in [3.05, 3.63) is 24.8 Å². The Bertz CT molecular complexity index is 346. The first-order valence-electron chi connectivity index (χ1n) is 4.62. The Labute approximate surface area is 88.2 Å². The number of aryl methyl sites for hydroxylation is 1. The Morgan fingerprint density at radius 3 is 3.13 bits per heavy atom. The fraction of sp³-hybridized carbons (Fsp3) is 0.444. The van der Waals surface area contributed by atoms with Gasteiger partial charge in [0.05, 0.1) is 12.6 Å². The largest absolute Gasteiger partial charge is 0.347 e. The van der Waals surface area contributed by atoms with Crippen LogP contribution in [0.3, 0.4) is 0 Å². The van der Waals surface area contributed by atoms with E-state index in [1.165, 1.54) is 0 Å². The van der Waals surface area contributed by atoms with Gasteiger partial charge < -0.3 is 11.1 Å². The minimum atomic E-state index is -0.550. The molecule has 1 amide bonds. The normalized spacial score (nSPS) is 12.1. The Morgan fingerprint density at radius 1 is 1.87 bits per heavy atom. The van der Waals surface area contributed by atoms with Crippen LogP contribution in [0.1, 0.15) is 12.2 Å². The predicted octanol–water partition coefficient (Wildman–Crippen LogP) is -0.665. The van der Waals surface area contributed by atoms with Gasteiger partial charge in [-0.2, -0.15) is 5.10 Å². The van der Waals surface area contributed by atoms with Gasteiger partial charge in [-0.1, -0.05) is 6.08 Å². The second-order valence-corrected chi connectivity index (χ2v) is 3.18. The van der Waals surface area contributed by atoms with E-state index >= 15 is 0 Å². The number of nitrogens with zero attached hydrogens (tertiary/aromatic N) is 3. The lowest BCUT2D eigenvalue weighted by molar-refractivity contribution is -0.122. The molecule has 0 aliphatic rings. The van der Waals surface area contributed by atoms with Crippen LogP contribution in [0.25, 0.3) is 0 Å². The van der Waals surface area contributed by atoms with E-state index in [1.54, 1.807) is 24.1 Å². The molecule has 1 unspecified atom stereocenters. The van der Waals surface area contributed by atoms with Crippen molar-refractivity contribution >= 4 is 5.91 Å². The van der Waals surface area contributed by atoms with Crippen molar-refractivity contribution in [2.24, 2.45) is 12.8 Å². The van der Waals surface area contributed by atoms with Crippen molar-refractivity contribution < 1.29 is 4.79 Å². The summed E-state index contributed by atoms with van der Waals surface area (Å²) >= 11 is 0. The van der Waals surface area contributed by atoms with E-state index < -0.39 is 6.04 Å². The summed E-state index contributed by atoms with van der Waals surface area (Å²) in [6.07, 6.45) is 3.65. The first-order valence-corrected chi connectivity index (χ1v) is 4.62. The van der Waals surface area contributed by atoms with Gasteiger partial charge >= 0.3 is 0 Å². The van der Waals surface area contributed by atoms with Gasteiger partial charge in [0, 0.05) is 7.05 Å². The molecule has 1 aromatic heterocycles. The molecule has 3 N–H and O–H groups in total. The van der Waals surface area contributed by atoms with Gasteiger partial charge in [0.1, 0.15) is 6.33 Å². The molecular formula is C9H15N5O. The molecule has 6 nitrogen and oxygen atoms in total. The van der Waals surface area contributed by atoms with Crippen LogP contribution < -0.4 is 11.1 Å². The van der Waals surface area contributed by atoms with Gasteiger partial charge in [0.2, 0.25) is 5.91 Å². The zero-order valence-corrected chi connectivity index (χ0v) is 8.68. The van der Waals surface area contributed by atoms with Gasteiger partial charge in [-0.25, -0.2) is 4.98 Å². The average molecular weight is 209 g/mol. The van der Waals surface area contributed by atoms with Gasteiger partial charge in [-0.3, -0.25) is 9.48 Å². The summed E-state index contributed by atoms with van der Waals surface area (Å²) in [6.45, 7) is 3.81. The molecule has 0 aliphatic carbocycles. The lowest BCUT2D eigenvalue weighted by Gasteiger charge is -2.08. The van der Waals surface area contributed by atoms with Crippen LogP contribution in [-0.2, 0) is 18.4 Å². The molecule has 0 aliphatic heterocycles. The first-order chi connectivity index (χ1) is 7.13. The third kappa shape index (κ3) is 3.51. The smallest absolute Gasteiger partial charge is 0.237 e. The maximum absolute atomic E-state index is 11.4. The molecule has 0 saturated heterocycles. The standard InChI is InChI=1S/C9H15N5O/c1-3-4-7(10)9(15)11-5-8-12-6-14(2)13-8/h3,6-7H,1,4-5,10H2,2H3,(H,11,15). The Balaban J connectivity index is 2.37. The number of carbonyl (C=O) groups is 1. The van der Waals surface area contributed by atoms with E-state index in [0.717, 1.165) is 0 Å². The van der Waals surface area contributed by atoms with Gasteiger partial charge in [-0.05, 0) is 6.42 Å². The molecule has 1 rings (SSSR count). The summed E-state index contributed by atoms with van der Waals surface area (Å²) in [4.78, 5) is 15.3. The number of aromatic nitrogens is 3. The average Bonchev–Trinajstić information content (AvgIpc) is 2.61. The summed E-state index contributed by atoms with van der Waals surface area (Å²) in [5, 5.41) is 6.66. The highest BCUT2D eigenvalue weighted by atomic mass is 16.2. The number of amides is 1. The fourth-order valence-corrected chi connectivity index (χ4v) is 1.05. The van der Waals surface area contributed by atoms with Crippen molar-refractivity contribution in [3.8, 4) is 0 Å². The molecule has 1 heterocycles. The van der Waals surface area contributed by atoms with Crippen molar-refractivity contribution in [1.82, 2.24) is 20.1 Å². The molecule has 0 radical (unpaired) electrons. The van der Waals surface area contributed by atoms with Gasteiger partial charge in [-0.15, -0.1) is 6.58 Å². The maximum atomic E-state index is 11.4. The summed E-state index contributed by atoms with van der Waals surface area (Å²) in [5.74, 6) is 0.346. The van der Waals surface area contributed by atoms with Crippen LogP contribution in [0.5, 0.6) is 0 Å². The monoisotopic (exact) mass is 209 g/mol. The second kappa shape index (κ2) is 5.26. The molecule has 1 aromatic rings. The molecule has 0 bridgehead atoms. The highest BCUT2D eigenvalue weighted by Crippen LogP contribution is 1.91. The molecule has 1 atom stereocenters. The number of hydrogen-bond donors (Lipinski definition) is 2. The van der Waals surface area contributed by atoms with Crippen molar-refractivity contribution in [3.63, 3.8) is 0 Å². The van der Waals surface area contributed by atoms with Crippen molar-refractivity contribution in [1.29, 1.82) is 0 Å². The third-order valence-corrected chi connectivity index (χ3v) is 1.83. The summed E-state index contributed by atoms with van der Waals surface area (Å²) in [5.41, 5.74) is 5.57. The van der Waals surface area contributed by atoms with Crippen molar-refractivity contribution in [2.45, 2.75) is 19.0 Å². The minimum absolute atomic E-state index is 0.220. The number of nitrogens with two attached hydrogens (primary N) is 1. The quantitative estimate of drug-likeness (QED) is 0.630. The lowest BCUT2D eigenvalue weighted by Crippen LogP contribution is -2.39. The lowest BCUT2D eigenvalue weighted by atomic mass is 10.2. The molecule has 0 aromatic carbocycles. The van der Waals surface area contributed by atoms with Gasteiger partial charge in [0.15, 0.2) is 5.82 Å². The predicted molar refractivity (Wildman–Crippen MR) is 55.6 cm³/mol. The van der Waals surface area contributed by atoms with Crippen LogP contribution in [-0.4, -0.2) is 26.7 Å². The van der Waals surface area contributed by atoms with Crippen LogP contribution in [0.2, 0.25) is 0 Å². The Kier molecular flexibility index (Phi) is 3.99. The maximum Gasteiger partial charge on any atom is 0.237 e. The highest BCUT2D eigenvalue weighted by Gasteiger charge is 2.11. The number of nitrogens with one attached hydrogen (secondary N) is 1. The minimum Gasteiger partial charge on any atom is -0.347 e. The van der Waals surface area contributed by atoms with Crippen LogP contribution in [0, 0.1) is 0 Å². The molecule has 15 heavy (non-hydrogen) atoms. The van der Waals surface area contributed by atoms with Crippen LogP contribution in [0.4, 0.5) is 0 Å². The van der Waals surface area contributed by atoms with E-state index in [4.69, 9.17) is 5.73 Å². The van der Waals surface area contributed by atoms with E-state index in [9.17, 15) is 4.79 Å². The Hall–Kier alpha value is -1.69. The third-order valence-electron chi connectivity index (χ3n) is 1.83. The molecule has 0 fully saturated rings. The molecule has 0 saturated carbocycles. The summed E-state index contributed by atoms with van der Waals surface area (Å²) < 4.78 is 1.57. The molecule has 82 valence electrons. The fourth-order valence-electron chi connectivity index (χ4n) is 1.05. The zero-order valence-electron chi connectivity index (χ0n) is 8.68. The number of hydrogen-bond acceptors (Lipinski definition) is 4. The first kappa shape index (κ1) is 11.4. The second-order valence-electron chi connectivity index (χ2n) is 3.18. The Morgan fingerprint density at radius 2 is 2.60 bits per heavy atom. The van der Waals surface area contributed by atoms with E-state index in [1.807, 2.05) is 0 Å². The molecular weight excluding hydrogens is 194 g/mol. The van der Waals surface area contributed by atoms with E-state index in [0.29, 0.717) is 18.8 Å². The highest BCUT2D eigenvalue weighted by molar-refractivity contribution is 5.81. The van der Waals surface area contributed by atoms with Crippen molar-refractivity contribution in [2.75, 3.05) is 0 Å². The number of rotatable bonds is 5.